The lowest BCUT2D eigenvalue weighted by Crippen LogP contribution is -2.15. The quantitative estimate of drug-likeness (QED) is 0.312. The number of hydrogen-bond donors (Lipinski definition) is 0. The van der Waals surface area contributed by atoms with Crippen LogP contribution in [0.15, 0.2) is 58.6 Å². The smallest absolute Gasteiger partial charge is 0.349 e. The molecule has 0 radical (unpaired) electrons. The average molecular weight is 413 g/mol. The van der Waals surface area contributed by atoms with Gasteiger partial charge in [0, 0.05) is 29.8 Å². The van der Waals surface area contributed by atoms with Gasteiger partial charge in [-0.3, -0.25) is 4.79 Å². The molecule has 2 rings (SSSR count). The number of anilines is 1. The molecular weight excluding hydrogens is 396 g/mol. The van der Waals surface area contributed by atoms with Gasteiger partial charge >= 0.3 is 5.97 Å². The van der Waals surface area contributed by atoms with Crippen molar-refractivity contribution in [3.8, 4) is 6.07 Å². The van der Waals surface area contributed by atoms with Crippen LogP contribution in [0.2, 0.25) is 0 Å². The zero-order chi connectivity index (χ0) is 19.1. The van der Waals surface area contributed by atoms with E-state index in [4.69, 9.17) is 4.74 Å². The normalized spacial score (nSPS) is 10.8. The number of ether oxygens (including phenoxy) is 1. The number of benzene rings is 2. The highest BCUT2D eigenvalue weighted by atomic mass is 79.9. The molecule has 0 atom stereocenters. The lowest BCUT2D eigenvalue weighted by molar-refractivity contribution is -0.137. The highest BCUT2D eigenvalue weighted by Crippen LogP contribution is 2.15. The number of nitriles is 1. The molecule has 0 N–H and O–H groups in total. The summed E-state index contributed by atoms with van der Waals surface area (Å²) in [6.07, 6.45) is 1.44. The van der Waals surface area contributed by atoms with E-state index in [2.05, 4.69) is 15.9 Å². The van der Waals surface area contributed by atoms with Crippen LogP contribution in [-0.4, -0.2) is 32.5 Å². The largest absolute Gasteiger partial charge is 0.453 e. The fourth-order valence-electron chi connectivity index (χ4n) is 2.13. The number of nitrogens with zero attached hydrogens (tertiary/aromatic N) is 2. The Morgan fingerprint density at radius 3 is 2.46 bits per heavy atom. The molecule has 0 aliphatic heterocycles. The predicted molar refractivity (Wildman–Crippen MR) is 104 cm³/mol. The Labute approximate surface area is 160 Å². The second kappa shape index (κ2) is 8.97. The summed E-state index contributed by atoms with van der Waals surface area (Å²) in [5, 5.41) is 9.20. The van der Waals surface area contributed by atoms with Crippen LogP contribution in [-0.2, 0) is 9.53 Å². The summed E-state index contributed by atoms with van der Waals surface area (Å²) in [6.45, 7) is -0.423. The molecule has 0 heterocycles. The highest BCUT2D eigenvalue weighted by molar-refractivity contribution is 9.10. The Balaban J connectivity index is 2.04. The Morgan fingerprint density at radius 1 is 1.19 bits per heavy atom. The Morgan fingerprint density at radius 2 is 1.88 bits per heavy atom. The van der Waals surface area contributed by atoms with Gasteiger partial charge in [0.2, 0.25) is 0 Å². The third-order valence-electron chi connectivity index (χ3n) is 3.54. The Bertz CT molecular complexity index is 881. The summed E-state index contributed by atoms with van der Waals surface area (Å²) in [6, 6.07) is 16.0. The number of carbonyl (C=O) groups is 2. The number of ketones is 1. The molecule has 6 heteroatoms. The standard InChI is InChI=1S/C20H17BrN2O3/c1-23(2)18-8-6-14(7-9-18)10-16(12-22)20(25)26-13-19(24)15-4-3-5-17(21)11-15/h3-11H,13H2,1-2H3/b16-10+. The summed E-state index contributed by atoms with van der Waals surface area (Å²) in [4.78, 5) is 26.1. The number of Topliss-reactive ketones (excluding diaryl/α,β-unsaturated/α-hetero) is 1. The maximum atomic E-state index is 12.1. The summed E-state index contributed by atoms with van der Waals surface area (Å²) < 4.78 is 5.74. The Kier molecular flexibility index (Phi) is 6.70. The van der Waals surface area contributed by atoms with E-state index in [1.165, 1.54) is 6.08 Å². The van der Waals surface area contributed by atoms with Crippen molar-refractivity contribution in [1.29, 1.82) is 5.26 Å². The van der Waals surface area contributed by atoms with Crippen molar-refractivity contribution in [3.63, 3.8) is 0 Å². The molecule has 26 heavy (non-hydrogen) atoms. The number of halogens is 1. The van der Waals surface area contributed by atoms with Crippen molar-refractivity contribution in [2.24, 2.45) is 0 Å². The van der Waals surface area contributed by atoms with Crippen LogP contribution in [0.4, 0.5) is 5.69 Å². The first kappa shape index (κ1) is 19.4. The van der Waals surface area contributed by atoms with Gasteiger partial charge in [0.25, 0.3) is 0 Å². The van der Waals surface area contributed by atoms with Crippen LogP contribution in [0, 0.1) is 11.3 Å². The molecule has 0 fully saturated rings. The SMILES string of the molecule is CN(C)c1ccc(/C=C(\C#N)C(=O)OCC(=O)c2cccc(Br)c2)cc1. The molecule has 0 aliphatic rings. The molecule has 5 nitrogen and oxygen atoms in total. The first-order valence-corrected chi connectivity index (χ1v) is 8.55. The topological polar surface area (TPSA) is 70.4 Å². The molecular formula is C20H17BrN2O3. The van der Waals surface area contributed by atoms with E-state index in [0.717, 1.165) is 10.2 Å². The van der Waals surface area contributed by atoms with Crippen LogP contribution in [0.25, 0.3) is 6.08 Å². The average Bonchev–Trinajstić information content (AvgIpc) is 2.64. The lowest BCUT2D eigenvalue weighted by Gasteiger charge is -2.11. The number of rotatable bonds is 6. The molecule has 0 aliphatic carbocycles. The van der Waals surface area contributed by atoms with Crippen molar-refractivity contribution in [3.05, 3.63) is 69.7 Å². The van der Waals surface area contributed by atoms with E-state index in [0.29, 0.717) is 11.1 Å². The zero-order valence-corrected chi connectivity index (χ0v) is 16.0. The van der Waals surface area contributed by atoms with Gasteiger partial charge in [-0.1, -0.05) is 40.2 Å². The summed E-state index contributed by atoms with van der Waals surface area (Å²) in [5.41, 5.74) is 1.96. The van der Waals surface area contributed by atoms with Gasteiger partial charge in [0.15, 0.2) is 12.4 Å². The van der Waals surface area contributed by atoms with Crippen molar-refractivity contribution in [2.45, 2.75) is 0 Å². The van der Waals surface area contributed by atoms with Crippen LogP contribution in [0.1, 0.15) is 15.9 Å². The molecule has 2 aromatic rings. The minimum absolute atomic E-state index is 0.162. The minimum Gasteiger partial charge on any atom is -0.453 e. The molecule has 2 aromatic carbocycles. The van der Waals surface area contributed by atoms with Crippen molar-refractivity contribution in [1.82, 2.24) is 0 Å². The predicted octanol–water partition coefficient (Wildman–Crippen LogP) is 3.85. The monoisotopic (exact) mass is 412 g/mol. The molecule has 0 spiro atoms. The summed E-state index contributed by atoms with van der Waals surface area (Å²) >= 11 is 3.28. The fourth-order valence-corrected chi connectivity index (χ4v) is 2.53. The third kappa shape index (κ3) is 5.30. The zero-order valence-electron chi connectivity index (χ0n) is 14.4. The van der Waals surface area contributed by atoms with E-state index >= 15 is 0 Å². The van der Waals surface area contributed by atoms with Gasteiger partial charge in [-0.05, 0) is 35.9 Å². The van der Waals surface area contributed by atoms with Crippen molar-refractivity contribution >= 4 is 39.4 Å². The molecule has 0 aromatic heterocycles. The maximum absolute atomic E-state index is 12.1. The van der Waals surface area contributed by atoms with Crippen molar-refractivity contribution in [2.75, 3.05) is 25.6 Å². The number of carbonyl (C=O) groups excluding carboxylic acids is 2. The van der Waals surface area contributed by atoms with Gasteiger partial charge in [-0.2, -0.15) is 5.26 Å². The maximum Gasteiger partial charge on any atom is 0.349 e. The minimum atomic E-state index is -0.826. The second-order valence-electron chi connectivity index (χ2n) is 5.67. The van der Waals surface area contributed by atoms with E-state index < -0.39 is 12.6 Å². The molecule has 0 saturated heterocycles. The fraction of sp³-hybridized carbons (Fsp3) is 0.150. The summed E-state index contributed by atoms with van der Waals surface area (Å²) in [7, 11) is 3.84. The van der Waals surface area contributed by atoms with Gasteiger partial charge in [-0.15, -0.1) is 0 Å². The highest BCUT2D eigenvalue weighted by Gasteiger charge is 2.14. The first-order valence-electron chi connectivity index (χ1n) is 7.76. The van der Waals surface area contributed by atoms with Crippen LogP contribution in [0.5, 0.6) is 0 Å². The number of esters is 1. The van der Waals surface area contributed by atoms with Crippen LogP contribution >= 0.6 is 15.9 Å². The van der Waals surface area contributed by atoms with E-state index in [-0.39, 0.29) is 11.4 Å². The van der Waals surface area contributed by atoms with Gasteiger partial charge in [0.1, 0.15) is 11.6 Å². The molecule has 0 amide bonds. The summed E-state index contributed by atoms with van der Waals surface area (Å²) in [5.74, 6) is -1.17. The van der Waals surface area contributed by atoms with Crippen LogP contribution in [0.3, 0.4) is 0 Å². The van der Waals surface area contributed by atoms with E-state index in [9.17, 15) is 14.9 Å². The molecule has 0 saturated carbocycles. The van der Waals surface area contributed by atoms with Gasteiger partial charge in [-0.25, -0.2) is 4.79 Å². The molecule has 0 unspecified atom stereocenters. The third-order valence-corrected chi connectivity index (χ3v) is 4.04. The molecule has 0 bridgehead atoms. The van der Waals surface area contributed by atoms with E-state index in [1.807, 2.05) is 37.2 Å². The van der Waals surface area contributed by atoms with Gasteiger partial charge < -0.3 is 9.64 Å². The Hall–Kier alpha value is -2.91. The second-order valence-corrected chi connectivity index (χ2v) is 6.58. The van der Waals surface area contributed by atoms with E-state index in [1.54, 1.807) is 36.4 Å². The van der Waals surface area contributed by atoms with Gasteiger partial charge in [0.05, 0.1) is 0 Å². The lowest BCUT2D eigenvalue weighted by atomic mass is 10.1. The first-order chi connectivity index (χ1) is 12.4. The number of hydrogen-bond acceptors (Lipinski definition) is 5. The van der Waals surface area contributed by atoms with Crippen LogP contribution < -0.4 is 4.90 Å². The molecule has 132 valence electrons. The van der Waals surface area contributed by atoms with Crippen molar-refractivity contribution < 1.29 is 14.3 Å².